The van der Waals surface area contributed by atoms with E-state index in [0.717, 1.165) is 21.8 Å². The van der Waals surface area contributed by atoms with Crippen molar-refractivity contribution in [3.63, 3.8) is 0 Å². The van der Waals surface area contributed by atoms with Crippen molar-refractivity contribution in [1.82, 2.24) is 15.0 Å². The SMILES string of the molecule is Cn1c(SCC(=O)N/N=C/C=C/c2ccccc2)nc2ccccc21. The van der Waals surface area contributed by atoms with E-state index in [1.165, 1.54) is 11.8 Å². The van der Waals surface area contributed by atoms with E-state index in [9.17, 15) is 4.79 Å². The highest BCUT2D eigenvalue weighted by Gasteiger charge is 2.09. The first-order valence-corrected chi connectivity index (χ1v) is 8.80. The standard InChI is InChI=1S/C19H18N4OS/c1-23-17-12-6-5-11-16(17)21-19(23)25-14-18(24)22-20-13-7-10-15-8-3-2-4-9-15/h2-13H,14H2,1H3,(H,22,24)/b10-7+,20-13+. The summed E-state index contributed by atoms with van der Waals surface area (Å²) in [5.41, 5.74) is 5.57. The molecular formula is C19H18N4OS. The van der Waals surface area contributed by atoms with Crippen LogP contribution in [0.2, 0.25) is 0 Å². The second-order valence-corrected chi connectivity index (χ2v) is 6.26. The van der Waals surface area contributed by atoms with Gasteiger partial charge in [0.1, 0.15) is 0 Å². The lowest BCUT2D eigenvalue weighted by molar-refractivity contribution is -0.118. The van der Waals surface area contributed by atoms with Gasteiger partial charge in [0.25, 0.3) is 5.91 Å². The number of rotatable bonds is 6. The number of allylic oxidation sites excluding steroid dienone is 1. The Kier molecular flexibility index (Phi) is 5.64. The number of para-hydroxylation sites is 2. The molecule has 3 aromatic rings. The van der Waals surface area contributed by atoms with Gasteiger partial charge in [-0.25, -0.2) is 10.4 Å². The summed E-state index contributed by atoms with van der Waals surface area (Å²) >= 11 is 1.39. The van der Waals surface area contributed by atoms with Crippen LogP contribution in [0.5, 0.6) is 0 Å². The van der Waals surface area contributed by atoms with Crippen LogP contribution >= 0.6 is 11.8 Å². The topological polar surface area (TPSA) is 59.3 Å². The van der Waals surface area contributed by atoms with E-state index < -0.39 is 0 Å². The highest BCUT2D eigenvalue weighted by Crippen LogP contribution is 2.22. The van der Waals surface area contributed by atoms with Crippen LogP contribution in [0.15, 0.2) is 70.9 Å². The number of hydrogen-bond donors (Lipinski definition) is 1. The van der Waals surface area contributed by atoms with Gasteiger partial charge in [-0.3, -0.25) is 4.79 Å². The molecule has 1 N–H and O–H groups in total. The largest absolute Gasteiger partial charge is 0.322 e. The summed E-state index contributed by atoms with van der Waals surface area (Å²) in [5, 5.41) is 4.72. The summed E-state index contributed by atoms with van der Waals surface area (Å²) in [5.74, 6) is 0.0955. The number of fused-ring (bicyclic) bond motifs is 1. The number of carbonyl (C=O) groups is 1. The lowest BCUT2D eigenvalue weighted by Gasteiger charge is -2.01. The molecule has 6 heteroatoms. The van der Waals surface area contributed by atoms with Crippen LogP contribution in [0.3, 0.4) is 0 Å². The molecule has 25 heavy (non-hydrogen) atoms. The van der Waals surface area contributed by atoms with Crippen LogP contribution < -0.4 is 5.43 Å². The zero-order chi connectivity index (χ0) is 17.5. The molecule has 0 saturated carbocycles. The van der Waals surface area contributed by atoms with Gasteiger partial charge in [0, 0.05) is 13.3 Å². The molecule has 2 aromatic carbocycles. The minimum Gasteiger partial charge on any atom is -0.322 e. The summed E-state index contributed by atoms with van der Waals surface area (Å²) in [4.78, 5) is 16.4. The van der Waals surface area contributed by atoms with Crippen LogP contribution in [0.25, 0.3) is 17.1 Å². The smallest absolute Gasteiger partial charge is 0.250 e. The van der Waals surface area contributed by atoms with Gasteiger partial charge in [0.15, 0.2) is 5.16 Å². The third kappa shape index (κ3) is 4.58. The number of thioether (sulfide) groups is 1. The fraction of sp³-hybridized carbons (Fsp3) is 0.105. The van der Waals surface area contributed by atoms with Crippen LogP contribution in [0.1, 0.15) is 5.56 Å². The quantitative estimate of drug-likeness (QED) is 0.421. The second-order valence-electron chi connectivity index (χ2n) is 5.31. The molecule has 0 aliphatic rings. The Morgan fingerprint density at radius 3 is 2.76 bits per heavy atom. The minimum atomic E-state index is -0.165. The van der Waals surface area contributed by atoms with Crippen LogP contribution in [0, 0.1) is 0 Å². The van der Waals surface area contributed by atoms with Gasteiger partial charge in [-0.05, 0) is 23.8 Å². The summed E-state index contributed by atoms with van der Waals surface area (Å²) in [6.45, 7) is 0. The van der Waals surface area contributed by atoms with E-state index in [4.69, 9.17) is 0 Å². The molecule has 1 aromatic heterocycles. The molecule has 0 unspecified atom stereocenters. The molecule has 3 rings (SSSR count). The molecule has 5 nitrogen and oxygen atoms in total. The zero-order valence-electron chi connectivity index (χ0n) is 13.8. The van der Waals surface area contributed by atoms with Gasteiger partial charge in [-0.1, -0.05) is 60.3 Å². The lowest BCUT2D eigenvalue weighted by Crippen LogP contribution is -2.19. The van der Waals surface area contributed by atoms with E-state index in [-0.39, 0.29) is 11.7 Å². The van der Waals surface area contributed by atoms with Crippen LogP contribution in [0.4, 0.5) is 0 Å². The van der Waals surface area contributed by atoms with E-state index in [0.29, 0.717) is 0 Å². The minimum absolute atomic E-state index is 0.165. The predicted molar refractivity (Wildman–Crippen MR) is 104 cm³/mol. The van der Waals surface area contributed by atoms with Crippen LogP contribution in [-0.2, 0) is 11.8 Å². The van der Waals surface area contributed by atoms with Crippen molar-refractivity contribution in [2.24, 2.45) is 12.1 Å². The van der Waals surface area contributed by atoms with Crippen LogP contribution in [-0.4, -0.2) is 27.4 Å². The average Bonchev–Trinajstić information content (AvgIpc) is 2.97. The maximum absolute atomic E-state index is 11.9. The molecular weight excluding hydrogens is 332 g/mol. The summed E-state index contributed by atoms with van der Waals surface area (Å²) < 4.78 is 1.99. The average molecular weight is 350 g/mol. The molecule has 1 heterocycles. The highest BCUT2D eigenvalue weighted by atomic mass is 32.2. The third-order valence-electron chi connectivity index (χ3n) is 3.52. The number of nitrogens with one attached hydrogen (secondary N) is 1. The summed E-state index contributed by atoms with van der Waals surface area (Å²) in [6, 6.07) is 17.8. The number of aromatic nitrogens is 2. The van der Waals surface area contributed by atoms with Gasteiger partial charge in [-0.2, -0.15) is 5.10 Å². The van der Waals surface area contributed by atoms with E-state index >= 15 is 0 Å². The first-order chi connectivity index (χ1) is 12.2. The molecule has 0 radical (unpaired) electrons. The number of hydrazone groups is 1. The van der Waals surface area contributed by atoms with Gasteiger partial charge < -0.3 is 4.57 Å². The number of hydrogen-bond acceptors (Lipinski definition) is 4. The Hall–Kier alpha value is -2.86. The van der Waals surface area contributed by atoms with Crippen molar-refractivity contribution in [2.75, 3.05) is 5.75 Å². The van der Waals surface area contributed by atoms with E-state index in [2.05, 4.69) is 15.5 Å². The highest BCUT2D eigenvalue weighted by molar-refractivity contribution is 7.99. The summed E-state index contributed by atoms with van der Waals surface area (Å²) in [6.07, 6.45) is 5.27. The Labute approximate surface area is 150 Å². The normalized spacial score (nSPS) is 11.6. The van der Waals surface area contributed by atoms with Crippen molar-refractivity contribution >= 4 is 41.0 Å². The van der Waals surface area contributed by atoms with Gasteiger partial charge >= 0.3 is 0 Å². The number of amides is 1. The number of imidazole rings is 1. The maximum atomic E-state index is 11.9. The Morgan fingerprint density at radius 1 is 1.20 bits per heavy atom. The Bertz CT molecular complexity index is 916. The monoisotopic (exact) mass is 350 g/mol. The van der Waals surface area contributed by atoms with Gasteiger partial charge in [0.2, 0.25) is 0 Å². The Morgan fingerprint density at radius 2 is 1.96 bits per heavy atom. The number of nitrogens with zero attached hydrogens (tertiary/aromatic N) is 3. The third-order valence-corrected chi connectivity index (χ3v) is 4.55. The lowest BCUT2D eigenvalue weighted by atomic mass is 10.2. The second kappa shape index (κ2) is 8.30. The van der Waals surface area contributed by atoms with Crippen molar-refractivity contribution in [3.8, 4) is 0 Å². The molecule has 0 bridgehead atoms. The number of carbonyl (C=O) groups excluding carboxylic acids is 1. The molecule has 0 fully saturated rings. The van der Waals surface area contributed by atoms with Crippen molar-refractivity contribution in [1.29, 1.82) is 0 Å². The molecule has 0 atom stereocenters. The molecule has 0 aliphatic carbocycles. The van der Waals surface area contributed by atoms with Crippen molar-refractivity contribution in [3.05, 3.63) is 66.2 Å². The molecule has 0 saturated heterocycles. The zero-order valence-corrected chi connectivity index (χ0v) is 14.6. The molecule has 1 amide bonds. The Balaban J connectivity index is 1.48. The number of benzene rings is 2. The molecule has 126 valence electrons. The van der Waals surface area contributed by atoms with Gasteiger partial charge in [-0.15, -0.1) is 0 Å². The van der Waals surface area contributed by atoms with E-state index in [1.54, 1.807) is 12.3 Å². The number of aryl methyl sites for hydroxylation is 1. The first kappa shape index (κ1) is 17.0. The van der Waals surface area contributed by atoms with Crippen molar-refractivity contribution < 1.29 is 4.79 Å². The fourth-order valence-corrected chi connectivity index (χ4v) is 3.07. The maximum Gasteiger partial charge on any atom is 0.250 e. The molecule has 0 aliphatic heterocycles. The molecule has 0 spiro atoms. The van der Waals surface area contributed by atoms with Gasteiger partial charge in [0.05, 0.1) is 16.8 Å². The fourth-order valence-electron chi connectivity index (χ4n) is 2.29. The summed E-state index contributed by atoms with van der Waals surface area (Å²) in [7, 11) is 1.95. The van der Waals surface area contributed by atoms with Crippen molar-refractivity contribution in [2.45, 2.75) is 5.16 Å². The van der Waals surface area contributed by atoms with E-state index in [1.807, 2.05) is 72.3 Å². The predicted octanol–water partition coefficient (Wildman–Crippen LogP) is 3.48. The first-order valence-electron chi connectivity index (χ1n) is 7.82.